The van der Waals surface area contributed by atoms with Gasteiger partial charge in [0.25, 0.3) is 5.91 Å². The first-order valence-electron chi connectivity index (χ1n) is 9.18. The van der Waals surface area contributed by atoms with Crippen molar-refractivity contribution >= 4 is 21.6 Å². The summed E-state index contributed by atoms with van der Waals surface area (Å²) in [5.41, 5.74) is 0.396. The molecule has 0 spiro atoms. The molecule has 9 heteroatoms. The van der Waals surface area contributed by atoms with Crippen molar-refractivity contribution in [2.45, 2.75) is 30.2 Å². The predicted molar refractivity (Wildman–Crippen MR) is 101 cm³/mol. The molecule has 0 unspecified atom stereocenters. The molecular weight excluding hydrogens is 370 g/mol. The number of nitrogens with zero attached hydrogens (tertiary/aromatic N) is 2. The summed E-state index contributed by atoms with van der Waals surface area (Å²) >= 11 is 0. The van der Waals surface area contributed by atoms with Crippen LogP contribution in [0.3, 0.4) is 0 Å². The number of rotatable bonds is 7. The maximum Gasteiger partial charge on any atom is 0.262 e. The van der Waals surface area contributed by atoms with Crippen LogP contribution in [0, 0.1) is 0 Å². The second-order valence-corrected chi connectivity index (χ2v) is 8.88. The molecule has 0 saturated carbocycles. The molecule has 1 amide bonds. The Kier molecular flexibility index (Phi) is 6.36. The minimum absolute atomic E-state index is 0.0371. The van der Waals surface area contributed by atoms with Gasteiger partial charge in [0, 0.05) is 26.3 Å². The van der Waals surface area contributed by atoms with E-state index < -0.39 is 10.0 Å². The van der Waals surface area contributed by atoms with Crippen LogP contribution in [0.25, 0.3) is 0 Å². The van der Waals surface area contributed by atoms with E-state index in [-0.39, 0.29) is 23.5 Å². The van der Waals surface area contributed by atoms with Crippen molar-refractivity contribution in [1.82, 2.24) is 9.21 Å². The molecule has 0 atom stereocenters. The minimum atomic E-state index is -3.70. The van der Waals surface area contributed by atoms with Crippen LogP contribution in [0.15, 0.2) is 23.1 Å². The van der Waals surface area contributed by atoms with Gasteiger partial charge in [0.05, 0.1) is 10.6 Å². The van der Waals surface area contributed by atoms with Crippen LogP contribution in [-0.4, -0.2) is 76.6 Å². The molecule has 2 heterocycles. The van der Waals surface area contributed by atoms with E-state index >= 15 is 0 Å². The molecule has 1 N–H and O–H groups in total. The molecule has 1 saturated heterocycles. The number of anilines is 1. The Labute approximate surface area is 160 Å². The summed E-state index contributed by atoms with van der Waals surface area (Å²) in [4.78, 5) is 13.9. The van der Waals surface area contributed by atoms with Crippen molar-refractivity contribution < 1.29 is 22.7 Å². The number of carbonyl (C=O) groups is 1. The minimum Gasteiger partial charge on any atom is -0.482 e. The lowest BCUT2D eigenvalue weighted by Crippen LogP contribution is -2.47. The molecular formula is C18H27N3O5S. The van der Waals surface area contributed by atoms with E-state index in [1.807, 2.05) is 7.05 Å². The summed E-state index contributed by atoms with van der Waals surface area (Å²) in [7, 11) is -0.0378. The number of nitrogens with one attached hydrogen (secondary N) is 1. The second kappa shape index (κ2) is 8.55. The highest BCUT2D eigenvalue weighted by molar-refractivity contribution is 7.89. The average molecular weight is 397 g/mol. The Morgan fingerprint density at radius 2 is 2.07 bits per heavy atom. The van der Waals surface area contributed by atoms with E-state index in [0.717, 1.165) is 25.9 Å². The monoisotopic (exact) mass is 397 g/mol. The van der Waals surface area contributed by atoms with E-state index in [2.05, 4.69) is 10.2 Å². The van der Waals surface area contributed by atoms with E-state index in [0.29, 0.717) is 31.0 Å². The molecule has 1 fully saturated rings. The van der Waals surface area contributed by atoms with Crippen molar-refractivity contribution in [2.75, 3.05) is 52.3 Å². The van der Waals surface area contributed by atoms with Gasteiger partial charge in [-0.3, -0.25) is 4.79 Å². The number of benzene rings is 1. The molecule has 1 aromatic rings. The third kappa shape index (κ3) is 4.60. The molecule has 2 aliphatic heterocycles. The molecule has 8 nitrogen and oxygen atoms in total. The van der Waals surface area contributed by atoms with Gasteiger partial charge in [0.1, 0.15) is 5.75 Å². The average Bonchev–Trinajstić information content (AvgIpc) is 2.65. The first kappa shape index (κ1) is 20.1. The number of piperidine rings is 1. The summed E-state index contributed by atoms with van der Waals surface area (Å²) in [5, 5.41) is 2.68. The molecule has 2 aliphatic rings. The summed E-state index contributed by atoms with van der Waals surface area (Å²) in [6, 6.07) is 4.60. The number of carbonyl (C=O) groups excluding carboxylic acids is 1. The van der Waals surface area contributed by atoms with E-state index in [4.69, 9.17) is 9.47 Å². The Morgan fingerprint density at radius 1 is 1.33 bits per heavy atom. The SMILES string of the molecule is COCCCN(C1CCN(C)CC1)S(=O)(=O)c1ccc2c(c1)NC(=O)CO2. The van der Waals surface area contributed by atoms with Gasteiger partial charge in [0.15, 0.2) is 6.61 Å². The first-order chi connectivity index (χ1) is 12.9. The number of amides is 1. The van der Waals surface area contributed by atoms with Crippen molar-refractivity contribution in [2.24, 2.45) is 0 Å². The zero-order valence-electron chi connectivity index (χ0n) is 15.8. The van der Waals surface area contributed by atoms with E-state index in [1.165, 1.54) is 6.07 Å². The van der Waals surface area contributed by atoms with Gasteiger partial charge in [-0.2, -0.15) is 4.31 Å². The fourth-order valence-electron chi connectivity index (χ4n) is 3.50. The zero-order valence-corrected chi connectivity index (χ0v) is 16.6. The van der Waals surface area contributed by atoms with E-state index in [1.54, 1.807) is 23.5 Å². The van der Waals surface area contributed by atoms with Crippen LogP contribution in [-0.2, 0) is 19.6 Å². The number of methoxy groups -OCH3 is 1. The van der Waals surface area contributed by atoms with Crippen molar-refractivity contribution in [3.05, 3.63) is 18.2 Å². The number of likely N-dealkylation sites (tertiary alicyclic amines) is 1. The zero-order chi connectivity index (χ0) is 19.4. The van der Waals surface area contributed by atoms with Crippen LogP contribution in [0.5, 0.6) is 5.75 Å². The largest absolute Gasteiger partial charge is 0.482 e. The Morgan fingerprint density at radius 3 is 2.78 bits per heavy atom. The van der Waals surface area contributed by atoms with Crippen LogP contribution >= 0.6 is 0 Å². The highest BCUT2D eigenvalue weighted by Gasteiger charge is 2.33. The molecule has 3 rings (SSSR count). The lowest BCUT2D eigenvalue weighted by Gasteiger charge is -2.36. The molecule has 0 aromatic heterocycles. The van der Waals surface area contributed by atoms with Gasteiger partial charge in [-0.1, -0.05) is 0 Å². The van der Waals surface area contributed by atoms with Crippen LogP contribution < -0.4 is 10.1 Å². The lowest BCUT2D eigenvalue weighted by atomic mass is 10.1. The van der Waals surface area contributed by atoms with Crippen molar-refractivity contribution in [1.29, 1.82) is 0 Å². The fraction of sp³-hybridized carbons (Fsp3) is 0.611. The smallest absolute Gasteiger partial charge is 0.262 e. The predicted octanol–water partition coefficient (Wildman–Crippen LogP) is 1.14. The lowest BCUT2D eigenvalue weighted by molar-refractivity contribution is -0.118. The van der Waals surface area contributed by atoms with Gasteiger partial charge in [-0.25, -0.2) is 8.42 Å². The van der Waals surface area contributed by atoms with Gasteiger partial charge in [0.2, 0.25) is 10.0 Å². The Balaban J connectivity index is 1.87. The van der Waals surface area contributed by atoms with Crippen molar-refractivity contribution in [3.63, 3.8) is 0 Å². The van der Waals surface area contributed by atoms with Crippen LogP contribution in [0.2, 0.25) is 0 Å². The summed E-state index contributed by atoms with van der Waals surface area (Å²) in [5.74, 6) is 0.197. The molecule has 1 aromatic carbocycles. The van der Waals surface area contributed by atoms with Gasteiger partial charge in [-0.15, -0.1) is 0 Å². The standard InChI is InChI=1S/C18H27N3O5S/c1-20-9-6-14(7-10-20)21(8-3-11-25-2)27(23,24)15-4-5-17-16(12-15)19-18(22)13-26-17/h4-5,12,14H,3,6-11,13H2,1-2H3,(H,19,22). The quantitative estimate of drug-likeness (QED) is 0.694. The molecule has 27 heavy (non-hydrogen) atoms. The third-order valence-electron chi connectivity index (χ3n) is 5.01. The molecule has 150 valence electrons. The Bertz CT molecular complexity index is 775. The molecule has 0 bridgehead atoms. The number of fused-ring (bicyclic) bond motifs is 1. The summed E-state index contributed by atoms with van der Waals surface area (Å²) in [6.07, 6.45) is 2.23. The second-order valence-electron chi connectivity index (χ2n) is 6.99. The fourth-order valence-corrected chi connectivity index (χ4v) is 5.26. The normalized spacial score (nSPS) is 18.9. The van der Waals surface area contributed by atoms with Gasteiger partial charge >= 0.3 is 0 Å². The number of sulfonamides is 1. The highest BCUT2D eigenvalue weighted by atomic mass is 32.2. The van der Waals surface area contributed by atoms with Crippen LogP contribution in [0.1, 0.15) is 19.3 Å². The number of ether oxygens (including phenoxy) is 2. The summed E-state index contributed by atoms with van der Waals surface area (Å²) in [6.45, 7) is 2.60. The molecule has 0 aliphatic carbocycles. The van der Waals surface area contributed by atoms with Crippen LogP contribution in [0.4, 0.5) is 5.69 Å². The van der Waals surface area contributed by atoms with E-state index in [9.17, 15) is 13.2 Å². The van der Waals surface area contributed by atoms with Crippen molar-refractivity contribution in [3.8, 4) is 5.75 Å². The maximum atomic E-state index is 13.4. The number of hydrogen-bond acceptors (Lipinski definition) is 6. The topological polar surface area (TPSA) is 88.2 Å². The van der Waals surface area contributed by atoms with Gasteiger partial charge < -0.3 is 19.7 Å². The summed E-state index contributed by atoms with van der Waals surface area (Å²) < 4.78 is 38.8. The third-order valence-corrected chi connectivity index (χ3v) is 6.96. The first-order valence-corrected chi connectivity index (χ1v) is 10.6. The number of hydrogen-bond donors (Lipinski definition) is 1. The Hall–Kier alpha value is -1.68. The maximum absolute atomic E-state index is 13.4. The molecule has 0 radical (unpaired) electrons. The highest BCUT2D eigenvalue weighted by Crippen LogP contribution is 2.32. The van der Waals surface area contributed by atoms with Gasteiger partial charge in [-0.05, 0) is 57.6 Å².